The number of thioether (sulfide) groups is 1. The summed E-state index contributed by atoms with van der Waals surface area (Å²) in [7, 11) is 0. The number of halogens is 1. The molecule has 2 nitrogen and oxygen atoms in total. The maximum absolute atomic E-state index is 4.58. The summed E-state index contributed by atoms with van der Waals surface area (Å²) in [5.74, 6) is 1.29. The van der Waals surface area contributed by atoms with Crippen molar-refractivity contribution < 1.29 is 0 Å². The number of anilines is 1. The molecule has 0 unspecified atom stereocenters. The van der Waals surface area contributed by atoms with E-state index in [1.165, 1.54) is 36.1 Å². The fourth-order valence-corrected chi connectivity index (χ4v) is 3.83. The van der Waals surface area contributed by atoms with Crippen molar-refractivity contribution in [1.82, 2.24) is 4.98 Å². The minimum atomic E-state index is 1.03. The minimum Gasteiger partial charge on any atom is -0.361 e. The zero-order valence-electron chi connectivity index (χ0n) is 11.1. The highest BCUT2D eigenvalue weighted by Crippen LogP contribution is 2.28. The molecule has 2 aromatic rings. The highest BCUT2D eigenvalue weighted by Gasteiger charge is 2.03. The second-order valence-corrected chi connectivity index (χ2v) is 7.40. The lowest BCUT2D eigenvalue weighted by Crippen LogP contribution is -2.00. The summed E-state index contributed by atoms with van der Waals surface area (Å²) in [4.78, 5) is 4.58. The first-order valence-electron chi connectivity index (χ1n) is 6.58. The third-order valence-electron chi connectivity index (χ3n) is 2.90. The van der Waals surface area contributed by atoms with Crippen molar-refractivity contribution >= 4 is 54.4 Å². The van der Waals surface area contributed by atoms with Gasteiger partial charge in [0.15, 0.2) is 5.13 Å². The molecule has 0 amide bonds. The lowest BCUT2D eigenvalue weighted by Gasteiger charge is -2.02. The van der Waals surface area contributed by atoms with Gasteiger partial charge in [0.05, 0.1) is 10.2 Å². The van der Waals surface area contributed by atoms with E-state index >= 15 is 0 Å². The molecular weight excluding hydrogens is 340 g/mol. The van der Waals surface area contributed by atoms with Crippen LogP contribution in [-0.2, 0) is 0 Å². The molecule has 0 aliphatic rings. The molecule has 0 atom stereocenters. The molecule has 0 fully saturated rings. The van der Waals surface area contributed by atoms with Crippen LogP contribution in [0.15, 0.2) is 22.7 Å². The van der Waals surface area contributed by atoms with E-state index in [0.29, 0.717) is 0 Å². The van der Waals surface area contributed by atoms with E-state index in [-0.39, 0.29) is 0 Å². The third kappa shape index (κ3) is 4.97. The van der Waals surface area contributed by atoms with E-state index in [4.69, 9.17) is 0 Å². The molecule has 1 aromatic heterocycles. The minimum absolute atomic E-state index is 1.03. The van der Waals surface area contributed by atoms with E-state index < -0.39 is 0 Å². The number of rotatable bonds is 8. The van der Waals surface area contributed by atoms with Crippen molar-refractivity contribution in [3.05, 3.63) is 22.7 Å². The first-order chi connectivity index (χ1) is 9.29. The van der Waals surface area contributed by atoms with E-state index in [1.807, 2.05) is 17.8 Å². The first kappa shape index (κ1) is 15.1. The molecule has 1 N–H and O–H groups in total. The van der Waals surface area contributed by atoms with Crippen LogP contribution in [0.5, 0.6) is 0 Å². The summed E-state index contributed by atoms with van der Waals surface area (Å²) >= 11 is 7.16. The fraction of sp³-hybridized carbons (Fsp3) is 0.500. The topological polar surface area (TPSA) is 24.9 Å². The van der Waals surface area contributed by atoms with Crippen LogP contribution in [0.2, 0.25) is 0 Å². The average Bonchev–Trinajstić information content (AvgIpc) is 2.79. The van der Waals surface area contributed by atoms with Crippen molar-refractivity contribution in [2.75, 3.05) is 23.9 Å². The van der Waals surface area contributed by atoms with Crippen LogP contribution in [0, 0.1) is 0 Å². The van der Waals surface area contributed by atoms with Crippen molar-refractivity contribution in [2.45, 2.75) is 25.7 Å². The van der Waals surface area contributed by atoms with Gasteiger partial charge in [0.1, 0.15) is 0 Å². The van der Waals surface area contributed by atoms with Gasteiger partial charge in [0.25, 0.3) is 0 Å². The molecule has 0 spiro atoms. The highest BCUT2D eigenvalue weighted by molar-refractivity contribution is 9.10. The Labute approximate surface area is 131 Å². The van der Waals surface area contributed by atoms with Crippen LogP contribution in [0.1, 0.15) is 25.7 Å². The van der Waals surface area contributed by atoms with Crippen molar-refractivity contribution in [3.63, 3.8) is 0 Å². The van der Waals surface area contributed by atoms with Gasteiger partial charge in [-0.25, -0.2) is 4.98 Å². The van der Waals surface area contributed by atoms with Crippen molar-refractivity contribution in [1.29, 1.82) is 0 Å². The van der Waals surface area contributed by atoms with Crippen LogP contribution < -0.4 is 5.32 Å². The van der Waals surface area contributed by atoms with E-state index in [0.717, 1.165) is 21.7 Å². The molecule has 0 aliphatic heterocycles. The number of unbranched alkanes of at least 4 members (excludes halogenated alkanes) is 3. The quantitative estimate of drug-likeness (QED) is 0.639. The van der Waals surface area contributed by atoms with Crippen LogP contribution in [0.25, 0.3) is 10.2 Å². The zero-order chi connectivity index (χ0) is 13.5. The summed E-state index contributed by atoms with van der Waals surface area (Å²) in [6.07, 6.45) is 7.40. The van der Waals surface area contributed by atoms with E-state index in [9.17, 15) is 0 Å². The summed E-state index contributed by atoms with van der Waals surface area (Å²) in [6, 6.07) is 6.22. The predicted molar refractivity (Wildman–Crippen MR) is 92.7 cm³/mol. The Morgan fingerprint density at radius 3 is 2.95 bits per heavy atom. The molecule has 0 radical (unpaired) electrons. The second-order valence-electron chi connectivity index (χ2n) is 4.46. The number of fused-ring (bicyclic) bond motifs is 1. The largest absolute Gasteiger partial charge is 0.361 e. The Balaban J connectivity index is 1.72. The summed E-state index contributed by atoms with van der Waals surface area (Å²) in [5, 5.41) is 4.47. The zero-order valence-corrected chi connectivity index (χ0v) is 14.3. The Morgan fingerprint density at radius 1 is 1.26 bits per heavy atom. The van der Waals surface area contributed by atoms with Gasteiger partial charge in [0.2, 0.25) is 0 Å². The molecular formula is C14H19BrN2S2. The monoisotopic (exact) mass is 358 g/mol. The molecule has 2 rings (SSSR count). The summed E-state index contributed by atoms with van der Waals surface area (Å²) < 4.78 is 2.35. The first-order valence-corrected chi connectivity index (χ1v) is 9.59. The van der Waals surface area contributed by atoms with Gasteiger partial charge in [-0.1, -0.05) is 40.1 Å². The Bertz CT molecular complexity index is 513. The van der Waals surface area contributed by atoms with Crippen LogP contribution in [0.3, 0.4) is 0 Å². The Morgan fingerprint density at radius 2 is 2.11 bits per heavy atom. The Hall–Kier alpha value is -0.260. The molecule has 1 aromatic carbocycles. The molecule has 0 saturated carbocycles. The smallest absolute Gasteiger partial charge is 0.183 e. The van der Waals surface area contributed by atoms with Gasteiger partial charge in [-0.15, -0.1) is 0 Å². The normalized spacial score (nSPS) is 11.1. The maximum Gasteiger partial charge on any atom is 0.183 e. The summed E-state index contributed by atoms with van der Waals surface area (Å²) in [5.41, 5.74) is 1.08. The number of nitrogens with one attached hydrogen (secondary N) is 1. The summed E-state index contributed by atoms with van der Waals surface area (Å²) in [6.45, 7) is 1.03. The number of hydrogen-bond donors (Lipinski definition) is 1. The van der Waals surface area contributed by atoms with Crippen LogP contribution in [-0.4, -0.2) is 23.5 Å². The third-order valence-corrected chi connectivity index (χ3v) is 5.07. The average molecular weight is 359 g/mol. The Kier molecular flexibility index (Phi) is 6.47. The molecule has 19 heavy (non-hydrogen) atoms. The molecule has 0 saturated heterocycles. The second kappa shape index (κ2) is 8.12. The van der Waals surface area contributed by atoms with E-state index in [2.05, 4.69) is 44.6 Å². The molecule has 0 bridgehead atoms. The highest BCUT2D eigenvalue weighted by atomic mass is 79.9. The number of nitrogens with zero attached hydrogens (tertiary/aromatic N) is 1. The fourth-order valence-electron chi connectivity index (χ4n) is 1.89. The number of benzene rings is 1. The molecule has 5 heteroatoms. The van der Waals surface area contributed by atoms with Crippen LogP contribution in [0.4, 0.5) is 5.13 Å². The molecule has 1 heterocycles. The van der Waals surface area contributed by atoms with E-state index in [1.54, 1.807) is 11.3 Å². The van der Waals surface area contributed by atoms with Gasteiger partial charge in [0, 0.05) is 11.0 Å². The van der Waals surface area contributed by atoms with Gasteiger partial charge in [-0.2, -0.15) is 11.8 Å². The molecule has 104 valence electrons. The number of hydrogen-bond acceptors (Lipinski definition) is 4. The van der Waals surface area contributed by atoms with Gasteiger partial charge in [-0.3, -0.25) is 0 Å². The van der Waals surface area contributed by atoms with Gasteiger partial charge < -0.3 is 5.32 Å². The lowest BCUT2D eigenvalue weighted by molar-refractivity contribution is 0.689. The molecule has 0 aliphatic carbocycles. The number of thiazole rings is 1. The van der Waals surface area contributed by atoms with Crippen LogP contribution >= 0.6 is 39.0 Å². The van der Waals surface area contributed by atoms with Crippen molar-refractivity contribution in [3.8, 4) is 0 Å². The SMILES string of the molecule is CSCCCCCCNc1nc2ccc(Br)cc2s1. The van der Waals surface area contributed by atoms with Gasteiger partial charge >= 0.3 is 0 Å². The standard InChI is InChI=1S/C14H19BrN2S2/c1-18-9-5-3-2-4-8-16-14-17-12-7-6-11(15)10-13(12)19-14/h6-7,10H,2-5,8-9H2,1H3,(H,16,17). The van der Waals surface area contributed by atoms with Gasteiger partial charge in [-0.05, 0) is 43.0 Å². The lowest BCUT2D eigenvalue weighted by atomic mass is 10.2. The van der Waals surface area contributed by atoms with Crippen molar-refractivity contribution in [2.24, 2.45) is 0 Å². The number of aromatic nitrogens is 1. The maximum atomic E-state index is 4.58. The predicted octanol–water partition coefficient (Wildman–Crippen LogP) is 5.39.